The molecule has 1 rings (SSSR count). The number of halogens is 1. The average Bonchev–Trinajstić information content (AvgIpc) is 2.36. The summed E-state index contributed by atoms with van der Waals surface area (Å²) in [6, 6.07) is 6.26. The summed E-state index contributed by atoms with van der Waals surface area (Å²) in [5.74, 6) is 0.101. The molecule has 104 valence electrons. The Morgan fingerprint density at radius 2 is 1.84 bits per heavy atom. The predicted molar refractivity (Wildman–Crippen MR) is 72.6 cm³/mol. The first-order valence-electron chi connectivity index (χ1n) is 6.10. The van der Waals surface area contributed by atoms with Gasteiger partial charge >= 0.3 is 11.9 Å². The molecule has 0 radical (unpaired) electrons. The Morgan fingerprint density at radius 3 is 2.37 bits per heavy atom. The molecule has 0 fully saturated rings. The van der Waals surface area contributed by atoms with Crippen molar-refractivity contribution in [3.8, 4) is 5.75 Å². The standard InChI is InChI=1S/C14H17ClO4/c1-10(2)18-14(17)11-5-7-12(8-6-11)19-13(16)4-3-9-15/h5-8,10H,3-4,9H2,1-2H3. The van der Waals surface area contributed by atoms with E-state index in [1.807, 2.05) is 0 Å². The minimum atomic E-state index is -0.394. The fourth-order valence-corrected chi connectivity index (χ4v) is 1.47. The lowest BCUT2D eigenvalue weighted by Gasteiger charge is -2.08. The quantitative estimate of drug-likeness (QED) is 0.457. The van der Waals surface area contributed by atoms with Gasteiger partial charge in [0.1, 0.15) is 5.75 Å². The number of rotatable bonds is 6. The number of alkyl halides is 1. The Morgan fingerprint density at radius 1 is 1.21 bits per heavy atom. The molecule has 0 N–H and O–H groups in total. The molecule has 0 bridgehead atoms. The molecule has 1 aromatic rings. The summed E-state index contributed by atoms with van der Waals surface area (Å²) in [5, 5.41) is 0. The Balaban J connectivity index is 2.56. The second-order valence-electron chi connectivity index (χ2n) is 4.25. The number of hydrogen-bond acceptors (Lipinski definition) is 4. The third-order valence-electron chi connectivity index (χ3n) is 2.18. The van der Waals surface area contributed by atoms with Crippen molar-refractivity contribution in [2.75, 3.05) is 5.88 Å². The smallest absolute Gasteiger partial charge is 0.338 e. The van der Waals surface area contributed by atoms with Gasteiger partial charge < -0.3 is 9.47 Å². The molecule has 19 heavy (non-hydrogen) atoms. The number of ether oxygens (including phenoxy) is 2. The Labute approximate surface area is 117 Å². The average molecular weight is 285 g/mol. The van der Waals surface area contributed by atoms with Gasteiger partial charge in [-0.2, -0.15) is 0 Å². The van der Waals surface area contributed by atoms with E-state index < -0.39 is 5.97 Å². The second-order valence-corrected chi connectivity index (χ2v) is 4.62. The molecule has 0 saturated carbocycles. The molecular weight excluding hydrogens is 268 g/mol. The summed E-state index contributed by atoms with van der Waals surface area (Å²) in [5.41, 5.74) is 0.425. The summed E-state index contributed by atoms with van der Waals surface area (Å²) >= 11 is 5.49. The van der Waals surface area contributed by atoms with Crippen molar-refractivity contribution in [3.63, 3.8) is 0 Å². The maximum atomic E-state index is 11.6. The van der Waals surface area contributed by atoms with Crippen LogP contribution in [0.5, 0.6) is 5.75 Å². The molecule has 0 aliphatic heterocycles. The summed E-state index contributed by atoms with van der Waals surface area (Å²) < 4.78 is 10.1. The van der Waals surface area contributed by atoms with Crippen LogP contribution in [0.4, 0.5) is 0 Å². The molecule has 0 aromatic heterocycles. The summed E-state index contributed by atoms with van der Waals surface area (Å²) in [6.07, 6.45) is 0.695. The molecule has 1 aromatic carbocycles. The van der Waals surface area contributed by atoms with Gasteiger partial charge in [0.2, 0.25) is 0 Å². The number of carbonyl (C=O) groups excluding carboxylic acids is 2. The highest BCUT2D eigenvalue weighted by molar-refractivity contribution is 6.17. The van der Waals surface area contributed by atoms with Crippen LogP contribution in [-0.4, -0.2) is 23.9 Å². The first kappa shape index (κ1) is 15.5. The Hall–Kier alpha value is -1.55. The van der Waals surface area contributed by atoms with Crippen LogP contribution >= 0.6 is 11.6 Å². The third kappa shape index (κ3) is 5.75. The van der Waals surface area contributed by atoms with Crippen LogP contribution in [0.3, 0.4) is 0 Å². The lowest BCUT2D eigenvalue weighted by molar-refractivity contribution is -0.134. The van der Waals surface area contributed by atoms with Gasteiger partial charge in [-0.25, -0.2) is 4.79 Å². The van der Waals surface area contributed by atoms with Gasteiger partial charge in [0.15, 0.2) is 0 Å². The number of esters is 2. The number of carbonyl (C=O) groups is 2. The zero-order chi connectivity index (χ0) is 14.3. The van der Waals surface area contributed by atoms with Gasteiger partial charge in [0.25, 0.3) is 0 Å². The van der Waals surface area contributed by atoms with Crippen molar-refractivity contribution in [1.82, 2.24) is 0 Å². The molecule has 0 aliphatic rings. The summed E-state index contributed by atoms with van der Waals surface area (Å²) in [7, 11) is 0. The Kier molecular flexibility index (Phi) is 6.36. The van der Waals surface area contributed by atoms with Crippen molar-refractivity contribution in [2.24, 2.45) is 0 Å². The zero-order valence-electron chi connectivity index (χ0n) is 11.0. The van der Waals surface area contributed by atoms with Crippen molar-refractivity contribution in [3.05, 3.63) is 29.8 Å². The van der Waals surface area contributed by atoms with Crippen molar-refractivity contribution in [1.29, 1.82) is 0 Å². The van der Waals surface area contributed by atoms with Crippen molar-refractivity contribution < 1.29 is 19.1 Å². The minimum Gasteiger partial charge on any atom is -0.459 e. The summed E-state index contributed by atoms with van der Waals surface area (Å²) in [6.45, 7) is 3.57. The normalized spacial score (nSPS) is 10.3. The minimum absolute atomic E-state index is 0.166. The SMILES string of the molecule is CC(C)OC(=O)c1ccc(OC(=O)CCCCl)cc1. The third-order valence-corrected chi connectivity index (χ3v) is 2.45. The maximum absolute atomic E-state index is 11.6. The first-order chi connectivity index (χ1) is 9.02. The predicted octanol–water partition coefficient (Wildman–Crippen LogP) is 3.18. The largest absolute Gasteiger partial charge is 0.459 e. The van der Waals surface area contributed by atoms with Gasteiger partial charge in [0.05, 0.1) is 11.7 Å². The molecule has 0 unspecified atom stereocenters. The number of hydrogen-bond donors (Lipinski definition) is 0. The van der Waals surface area contributed by atoms with Crippen LogP contribution in [0.1, 0.15) is 37.0 Å². The van der Waals surface area contributed by atoms with E-state index in [4.69, 9.17) is 21.1 Å². The van der Waals surface area contributed by atoms with Crippen LogP contribution < -0.4 is 4.74 Å². The van der Waals surface area contributed by atoms with Crippen LogP contribution in [0.15, 0.2) is 24.3 Å². The van der Waals surface area contributed by atoms with Crippen molar-refractivity contribution in [2.45, 2.75) is 32.8 Å². The van der Waals surface area contributed by atoms with E-state index in [1.165, 1.54) is 0 Å². The fourth-order valence-electron chi connectivity index (χ4n) is 1.33. The summed E-state index contributed by atoms with van der Waals surface area (Å²) in [4.78, 5) is 22.9. The van der Waals surface area contributed by atoms with Crippen molar-refractivity contribution >= 4 is 23.5 Å². The van der Waals surface area contributed by atoms with E-state index in [9.17, 15) is 9.59 Å². The fraction of sp³-hybridized carbons (Fsp3) is 0.429. The van der Waals surface area contributed by atoms with Gasteiger partial charge in [-0.15, -0.1) is 11.6 Å². The maximum Gasteiger partial charge on any atom is 0.338 e. The van der Waals surface area contributed by atoms with Gasteiger partial charge in [0, 0.05) is 12.3 Å². The van der Waals surface area contributed by atoms with E-state index in [0.29, 0.717) is 23.6 Å². The molecular formula is C14H17ClO4. The highest BCUT2D eigenvalue weighted by atomic mass is 35.5. The van der Waals surface area contributed by atoms with Crippen LogP contribution in [0.2, 0.25) is 0 Å². The highest BCUT2D eigenvalue weighted by Crippen LogP contribution is 2.14. The highest BCUT2D eigenvalue weighted by Gasteiger charge is 2.10. The van der Waals surface area contributed by atoms with Crippen LogP contribution in [0, 0.1) is 0 Å². The van der Waals surface area contributed by atoms with Gasteiger partial charge in [-0.3, -0.25) is 4.79 Å². The molecule has 5 heteroatoms. The topological polar surface area (TPSA) is 52.6 Å². The van der Waals surface area contributed by atoms with Crippen LogP contribution in [-0.2, 0) is 9.53 Å². The molecule has 0 atom stereocenters. The molecule has 0 spiro atoms. The monoisotopic (exact) mass is 284 g/mol. The first-order valence-corrected chi connectivity index (χ1v) is 6.64. The molecule has 0 saturated heterocycles. The second kappa shape index (κ2) is 7.79. The van der Waals surface area contributed by atoms with E-state index in [0.717, 1.165) is 0 Å². The number of benzene rings is 1. The van der Waals surface area contributed by atoms with E-state index in [2.05, 4.69) is 0 Å². The van der Waals surface area contributed by atoms with Crippen LogP contribution in [0.25, 0.3) is 0 Å². The Bertz CT molecular complexity index is 426. The van der Waals surface area contributed by atoms with E-state index >= 15 is 0 Å². The molecule has 0 aliphatic carbocycles. The molecule has 0 amide bonds. The lowest BCUT2D eigenvalue weighted by Crippen LogP contribution is -2.12. The van der Waals surface area contributed by atoms with E-state index in [1.54, 1.807) is 38.1 Å². The van der Waals surface area contributed by atoms with Gasteiger partial charge in [-0.1, -0.05) is 0 Å². The molecule has 4 nitrogen and oxygen atoms in total. The lowest BCUT2D eigenvalue weighted by atomic mass is 10.2. The zero-order valence-corrected chi connectivity index (χ0v) is 11.8. The van der Waals surface area contributed by atoms with E-state index in [-0.39, 0.29) is 18.5 Å². The molecule has 0 heterocycles. The van der Waals surface area contributed by atoms with Gasteiger partial charge in [-0.05, 0) is 44.5 Å².